The minimum Gasteiger partial charge on any atom is -0.356 e. The number of carbonyl (C=O) groups excluding carboxylic acids is 2. The third-order valence-corrected chi connectivity index (χ3v) is 6.43. The second kappa shape index (κ2) is 11.4. The Morgan fingerprint density at radius 3 is 2.30 bits per heavy atom. The Morgan fingerprint density at radius 1 is 0.919 bits per heavy atom. The van der Waals surface area contributed by atoms with Crippen LogP contribution in [0.1, 0.15) is 28.7 Å². The lowest BCUT2D eigenvalue weighted by atomic mass is 10.0. The molecule has 1 N–H and O–H groups in total. The molecule has 1 amide bonds. The predicted octanol–water partition coefficient (Wildman–Crippen LogP) is 5.61. The molecule has 1 heterocycles. The Balaban J connectivity index is 1.55. The highest BCUT2D eigenvalue weighted by atomic mass is 32.2. The molecule has 10 heteroatoms. The van der Waals surface area contributed by atoms with E-state index in [2.05, 4.69) is 15.5 Å². The largest absolute Gasteiger partial charge is 0.416 e. The van der Waals surface area contributed by atoms with Crippen molar-refractivity contribution in [2.75, 3.05) is 12.3 Å². The van der Waals surface area contributed by atoms with E-state index in [-0.39, 0.29) is 41.3 Å². The van der Waals surface area contributed by atoms with Crippen molar-refractivity contribution in [3.05, 3.63) is 95.8 Å². The van der Waals surface area contributed by atoms with Crippen molar-refractivity contribution in [1.82, 2.24) is 20.1 Å². The molecule has 0 spiro atoms. The maximum Gasteiger partial charge on any atom is 0.416 e. The Bertz CT molecular complexity index is 1390. The van der Waals surface area contributed by atoms with Crippen molar-refractivity contribution in [2.45, 2.75) is 24.7 Å². The van der Waals surface area contributed by atoms with E-state index < -0.39 is 11.7 Å². The molecular formula is C27H23F3N4O2S. The van der Waals surface area contributed by atoms with Gasteiger partial charge in [-0.05, 0) is 29.3 Å². The molecule has 0 saturated heterocycles. The second-order valence-corrected chi connectivity index (χ2v) is 9.11. The van der Waals surface area contributed by atoms with Crippen molar-refractivity contribution >= 4 is 23.5 Å². The molecule has 0 aliphatic carbocycles. The van der Waals surface area contributed by atoms with Gasteiger partial charge < -0.3 is 5.32 Å². The Kier molecular flexibility index (Phi) is 8.08. The van der Waals surface area contributed by atoms with Crippen LogP contribution in [0.15, 0.2) is 84.0 Å². The van der Waals surface area contributed by atoms with Gasteiger partial charge in [-0.2, -0.15) is 13.2 Å². The zero-order valence-electron chi connectivity index (χ0n) is 19.8. The molecule has 0 aliphatic rings. The highest BCUT2D eigenvalue weighted by Gasteiger charge is 2.31. The smallest absolute Gasteiger partial charge is 0.356 e. The first-order valence-electron chi connectivity index (χ1n) is 11.4. The van der Waals surface area contributed by atoms with Crippen LogP contribution in [-0.2, 0) is 17.4 Å². The number of ketones is 1. The number of halogens is 3. The van der Waals surface area contributed by atoms with Crippen LogP contribution in [-0.4, -0.2) is 38.8 Å². The number of nitrogens with one attached hydrogen (secondary N) is 1. The zero-order chi connectivity index (χ0) is 26.4. The maximum absolute atomic E-state index is 13.3. The zero-order valence-corrected chi connectivity index (χ0v) is 20.6. The summed E-state index contributed by atoms with van der Waals surface area (Å²) in [6, 6.07) is 21.9. The van der Waals surface area contributed by atoms with E-state index in [0.717, 1.165) is 35.0 Å². The standard InChI is InChI=1S/C27H23F3N4O2S/c1-18(35)31-15-14-25-32-33-26(34(25)23-9-5-8-22(16-23)27(28,29)30)37-17-24(36)21-12-10-20(11-13-21)19-6-3-2-4-7-19/h2-13,16H,14-15,17H2,1H3,(H,31,35). The van der Waals surface area contributed by atoms with Gasteiger partial charge in [-0.15, -0.1) is 10.2 Å². The van der Waals surface area contributed by atoms with E-state index in [1.54, 1.807) is 12.1 Å². The summed E-state index contributed by atoms with van der Waals surface area (Å²) < 4.78 is 41.5. The van der Waals surface area contributed by atoms with E-state index in [9.17, 15) is 22.8 Å². The van der Waals surface area contributed by atoms with Crippen LogP contribution >= 0.6 is 11.8 Å². The van der Waals surface area contributed by atoms with Gasteiger partial charge in [0.05, 0.1) is 11.3 Å². The van der Waals surface area contributed by atoms with Crippen LogP contribution in [0.3, 0.4) is 0 Å². The quantitative estimate of drug-likeness (QED) is 0.228. The molecule has 4 rings (SSSR count). The molecule has 37 heavy (non-hydrogen) atoms. The van der Waals surface area contributed by atoms with Crippen LogP contribution in [0, 0.1) is 0 Å². The molecule has 4 aromatic rings. The van der Waals surface area contributed by atoms with Gasteiger partial charge in [0.1, 0.15) is 5.82 Å². The summed E-state index contributed by atoms with van der Waals surface area (Å²) in [5.74, 6) is 0.00913. The predicted molar refractivity (Wildman–Crippen MR) is 136 cm³/mol. The van der Waals surface area contributed by atoms with Gasteiger partial charge in [0.2, 0.25) is 5.91 Å². The van der Waals surface area contributed by atoms with Gasteiger partial charge >= 0.3 is 6.18 Å². The Labute approximate surface area is 215 Å². The number of rotatable bonds is 9. The first-order chi connectivity index (χ1) is 17.7. The third-order valence-electron chi connectivity index (χ3n) is 5.50. The summed E-state index contributed by atoms with van der Waals surface area (Å²) >= 11 is 1.09. The minimum absolute atomic E-state index is 0.0213. The molecule has 3 aromatic carbocycles. The fourth-order valence-corrected chi connectivity index (χ4v) is 4.54. The van der Waals surface area contributed by atoms with E-state index in [4.69, 9.17) is 0 Å². The van der Waals surface area contributed by atoms with Crippen molar-refractivity contribution < 1.29 is 22.8 Å². The number of alkyl halides is 3. The average Bonchev–Trinajstić information content (AvgIpc) is 3.30. The molecular weight excluding hydrogens is 501 g/mol. The Hall–Kier alpha value is -3.92. The van der Waals surface area contributed by atoms with Gasteiger partial charge in [0.15, 0.2) is 10.9 Å². The molecule has 0 bridgehead atoms. The molecule has 0 atom stereocenters. The van der Waals surface area contributed by atoms with Crippen molar-refractivity contribution in [3.63, 3.8) is 0 Å². The normalized spacial score (nSPS) is 11.4. The number of benzene rings is 3. The number of nitrogens with zero attached hydrogens (tertiary/aromatic N) is 3. The van der Waals surface area contributed by atoms with E-state index >= 15 is 0 Å². The van der Waals surface area contributed by atoms with Gasteiger partial charge in [-0.1, -0.05) is 72.4 Å². The number of carbonyl (C=O) groups is 2. The molecule has 6 nitrogen and oxygen atoms in total. The van der Waals surface area contributed by atoms with E-state index in [1.807, 2.05) is 42.5 Å². The summed E-state index contributed by atoms with van der Waals surface area (Å²) in [5, 5.41) is 11.2. The van der Waals surface area contributed by atoms with E-state index in [1.165, 1.54) is 23.6 Å². The van der Waals surface area contributed by atoms with Crippen LogP contribution < -0.4 is 5.32 Å². The lowest BCUT2D eigenvalue weighted by Gasteiger charge is -2.13. The second-order valence-electron chi connectivity index (χ2n) is 8.17. The SMILES string of the molecule is CC(=O)NCCc1nnc(SCC(=O)c2ccc(-c3ccccc3)cc2)n1-c1cccc(C(F)(F)F)c1. The molecule has 0 fully saturated rings. The van der Waals surface area contributed by atoms with Gasteiger partial charge in [0.25, 0.3) is 0 Å². The summed E-state index contributed by atoms with van der Waals surface area (Å²) in [6.07, 6.45) is -4.27. The van der Waals surface area contributed by atoms with Crippen molar-refractivity contribution in [3.8, 4) is 16.8 Å². The monoisotopic (exact) mass is 524 g/mol. The number of thioether (sulfide) groups is 1. The topological polar surface area (TPSA) is 76.9 Å². The van der Waals surface area contributed by atoms with Crippen LogP contribution in [0.4, 0.5) is 13.2 Å². The molecule has 0 unspecified atom stereocenters. The number of hydrogen-bond donors (Lipinski definition) is 1. The molecule has 0 radical (unpaired) electrons. The number of hydrogen-bond acceptors (Lipinski definition) is 5. The van der Waals surface area contributed by atoms with Gasteiger partial charge in [-0.3, -0.25) is 14.2 Å². The molecule has 0 saturated carbocycles. The summed E-state index contributed by atoms with van der Waals surface area (Å²) in [5.41, 5.74) is 1.95. The molecule has 0 aliphatic heterocycles. The fourth-order valence-electron chi connectivity index (χ4n) is 3.68. The number of aromatic nitrogens is 3. The lowest BCUT2D eigenvalue weighted by molar-refractivity contribution is -0.137. The molecule has 1 aromatic heterocycles. The lowest BCUT2D eigenvalue weighted by Crippen LogP contribution is -2.23. The highest BCUT2D eigenvalue weighted by Crippen LogP contribution is 2.32. The summed E-state index contributed by atoms with van der Waals surface area (Å²) in [6.45, 7) is 1.61. The summed E-state index contributed by atoms with van der Waals surface area (Å²) in [7, 11) is 0. The van der Waals surface area contributed by atoms with Crippen LogP contribution in [0.25, 0.3) is 16.8 Å². The van der Waals surface area contributed by atoms with Crippen LogP contribution in [0.2, 0.25) is 0 Å². The number of amides is 1. The highest BCUT2D eigenvalue weighted by molar-refractivity contribution is 7.99. The van der Waals surface area contributed by atoms with Gasteiger partial charge in [-0.25, -0.2) is 0 Å². The van der Waals surface area contributed by atoms with Crippen LogP contribution in [0.5, 0.6) is 0 Å². The third kappa shape index (κ3) is 6.65. The van der Waals surface area contributed by atoms with Crippen molar-refractivity contribution in [2.24, 2.45) is 0 Å². The first-order valence-corrected chi connectivity index (χ1v) is 12.4. The Morgan fingerprint density at radius 2 is 1.62 bits per heavy atom. The maximum atomic E-state index is 13.3. The fraction of sp³-hybridized carbons (Fsp3) is 0.185. The average molecular weight is 525 g/mol. The minimum atomic E-state index is -4.52. The number of Topliss-reactive ketones (excluding diaryl/α,β-unsaturated/α-hetero) is 1. The van der Waals surface area contributed by atoms with Gasteiger partial charge in [0, 0.05) is 31.1 Å². The summed E-state index contributed by atoms with van der Waals surface area (Å²) in [4.78, 5) is 24.1. The first kappa shape index (κ1) is 26.2. The van der Waals surface area contributed by atoms with E-state index in [0.29, 0.717) is 11.4 Å². The molecule has 190 valence electrons. The van der Waals surface area contributed by atoms with Crippen molar-refractivity contribution in [1.29, 1.82) is 0 Å².